The van der Waals surface area contributed by atoms with E-state index in [0.717, 1.165) is 65.0 Å². The van der Waals surface area contributed by atoms with Gasteiger partial charge >= 0.3 is 5.97 Å². The van der Waals surface area contributed by atoms with Crippen LogP contribution in [-0.2, 0) is 10.3 Å². The van der Waals surface area contributed by atoms with E-state index in [1.54, 1.807) is 11.9 Å². The predicted octanol–water partition coefficient (Wildman–Crippen LogP) is 6.59. The van der Waals surface area contributed by atoms with Crippen LogP contribution in [0, 0.1) is 0 Å². The lowest BCUT2D eigenvalue weighted by molar-refractivity contribution is 0.0223. The minimum Gasteiger partial charge on any atom is -0.456 e. The summed E-state index contributed by atoms with van der Waals surface area (Å²) in [6, 6.07) is 20.3. The zero-order valence-corrected chi connectivity index (χ0v) is 21.1. The monoisotopic (exact) mass is 486 g/mol. The number of rotatable bonds is 5. The second kappa shape index (κ2) is 8.92. The lowest BCUT2D eigenvalue weighted by Gasteiger charge is -2.37. The molecule has 1 spiro atoms. The van der Waals surface area contributed by atoms with Crippen molar-refractivity contribution in [1.82, 2.24) is 4.31 Å². The Labute approximate surface area is 211 Å². The maximum atomic E-state index is 13.1. The third kappa shape index (κ3) is 3.62. The molecule has 1 atom stereocenters. The molecular formula is C29H30N2O3S. The van der Waals surface area contributed by atoms with Crippen LogP contribution in [-0.4, -0.2) is 36.5 Å². The van der Waals surface area contributed by atoms with Crippen LogP contribution in [0.2, 0.25) is 0 Å². The summed E-state index contributed by atoms with van der Waals surface area (Å²) >= 11 is 1.79. The average molecular weight is 487 g/mol. The molecule has 6 heteroatoms. The average Bonchev–Trinajstić information content (AvgIpc) is 3.19. The topological polar surface area (TPSA) is 42.0 Å². The molecule has 0 radical (unpaired) electrons. The van der Waals surface area contributed by atoms with E-state index in [9.17, 15) is 4.79 Å². The number of carbonyl (C=O) groups excluding carboxylic acids is 1. The van der Waals surface area contributed by atoms with Gasteiger partial charge in [-0.05, 0) is 75.0 Å². The number of hydrogen-bond donors (Lipinski definition) is 0. The Bertz CT molecular complexity index is 1280. The summed E-state index contributed by atoms with van der Waals surface area (Å²) < 4.78 is 15.3. The second-order valence-corrected chi connectivity index (χ2v) is 10.5. The summed E-state index contributed by atoms with van der Waals surface area (Å²) in [5.41, 5.74) is 3.35. The fraction of sp³-hybridized carbons (Fsp3) is 0.345. The molecule has 5 nitrogen and oxygen atoms in total. The normalized spacial score (nSPS) is 20.6. The first-order valence-corrected chi connectivity index (χ1v) is 13.4. The van der Waals surface area contributed by atoms with E-state index in [1.165, 1.54) is 19.3 Å². The molecule has 3 aromatic rings. The Balaban J connectivity index is 1.51. The highest BCUT2D eigenvalue weighted by Gasteiger charge is 2.53. The van der Waals surface area contributed by atoms with E-state index in [2.05, 4.69) is 53.4 Å². The number of benzene rings is 3. The minimum atomic E-state index is -1.02. The summed E-state index contributed by atoms with van der Waals surface area (Å²) in [6.07, 6.45) is 3.77. The summed E-state index contributed by atoms with van der Waals surface area (Å²) in [5.74, 6) is 1.19. The van der Waals surface area contributed by atoms with Crippen LogP contribution in [0.5, 0.6) is 11.5 Å². The van der Waals surface area contributed by atoms with Gasteiger partial charge in [0, 0.05) is 59.5 Å². The third-order valence-corrected chi connectivity index (χ3v) is 8.43. The first kappa shape index (κ1) is 22.5. The molecule has 1 fully saturated rings. The standard InChI is InChI=1S/C29H30N2O3S/c1-3-30(4-2)20-12-14-24-27(18-20)33-26-15-13-21(35-31-16-8-5-9-17-31)19-25(26)29(24)23-11-7-6-10-22(23)28(32)34-29/h6-7,10-15,18-19H,3-5,8-9,16-17H2,1-2H3. The molecule has 0 aromatic heterocycles. The van der Waals surface area contributed by atoms with Crippen LogP contribution in [0.4, 0.5) is 5.69 Å². The highest BCUT2D eigenvalue weighted by atomic mass is 32.2. The lowest BCUT2D eigenvalue weighted by Crippen LogP contribution is -2.33. The maximum Gasteiger partial charge on any atom is 0.340 e. The lowest BCUT2D eigenvalue weighted by atomic mass is 9.77. The van der Waals surface area contributed by atoms with E-state index in [4.69, 9.17) is 9.47 Å². The van der Waals surface area contributed by atoms with Crippen LogP contribution in [0.3, 0.4) is 0 Å². The van der Waals surface area contributed by atoms with E-state index in [-0.39, 0.29) is 5.97 Å². The molecule has 0 N–H and O–H groups in total. The fourth-order valence-electron chi connectivity index (χ4n) is 5.59. The number of ether oxygens (including phenoxy) is 2. The van der Waals surface area contributed by atoms with Crippen molar-refractivity contribution < 1.29 is 14.3 Å². The van der Waals surface area contributed by atoms with Gasteiger partial charge in [0.2, 0.25) is 0 Å². The van der Waals surface area contributed by atoms with E-state index < -0.39 is 5.60 Å². The second-order valence-electron chi connectivity index (χ2n) is 9.31. The first-order chi connectivity index (χ1) is 17.1. The van der Waals surface area contributed by atoms with Gasteiger partial charge in [0.25, 0.3) is 0 Å². The smallest absolute Gasteiger partial charge is 0.340 e. The molecule has 3 aliphatic heterocycles. The Morgan fingerprint density at radius 3 is 2.49 bits per heavy atom. The van der Waals surface area contributed by atoms with E-state index in [1.807, 2.05) is 30.3 Å². The van der Waals surface area contributed by atoms with Gasteiger partial charge in [0.1, 0.15) is 11.5 Å². The molecule has 1 saturated heterocycles. The predicted molar refractivity (Wildman–Crippen MR) is 140 cm³/mol. The Kier molecular flexibility index (Phi) is 5.73. The number of nitrogens with zero attached hydrogens (tertiary/aromatic N) is 2. The van der Waals surface area contributed by atoms with E-state index >= 15 is 0 Å². The molecule has 180 valence electrons. The molecule has 6 rings (SSSR count). The zero-order valence-electron chi connectivity index (χ0n) is 20.3. The third-order valence-electron chi connectivity index (χ3n) is 7.34. The van der Waals surface area contributed by atoms with Crippen molar-refractivity contribution in [2.24, 2.45) is 0 Å². The first-order valence-electron chi connectivity index (χ1n) is 12.6. The molecule has 0 aliphatic carbocycles. The van der Waals surface area contributed by atoms with Crippen molar-refractivity contribution in [1.29, 1.82) is 0 Å². The van der Waals surface area contributed by atoms with Crippen LogP contribution in [0.25, 0.3) is 0 Å². The van der Waals surface area contributed by atoms with Gasteiger partial charge in [-0.15, -0.1) is 0 Å². The largest absolute Gasteiger partial charge is 0.456 e. The summed E-state index contributed by atoms with van der Waals surface area (Å²) in [5, 5.41) is 0. The maximum absolute atomic E-state index is 13.1. The van der Waals surface area contributed by atoms with Crippen LogP contribution in [0.1, 0.15) is 60.2 Å². The van der Waals surface area contributed by atoms with Gasteiger partial charge in [-0.1, -0.05) is 24.6 Å². The van der Waals surface area contributed by atoms with Gasteiger partial charge in [-0.3, -0.25) is 0 Å². The molecule has 3 aliphatic rings. The highest BCUT2D eigenvalue weighted by molar-refractivity contribution is 7.97. The zero-order chi connectivity index (χ0) is 24.0. The Morgan fingerprint density at radius 2 is 1.69 bits per heavy atom. The SMILES string of the molecule is CCN(CC)c1ccc2c(c1)Oc1ccc(SN3CCCCC3)cc1C21OC(=O)c2ccccc21. The van der Waals surface area contributed by atoms with E-state index in [0.29, 0.717) is 5.56 Å². The van der Waals surface area contributed by atoms with Crippen LogP contribution in [0.15, 0.2) is 65.6 Å². The minimum absolute atomic E-state index is 0.290. The summed E-state index contributed by atoms with van der Waals surface area (Å²) in [7, 11) is 0. The van der Waals surface area contributed by atoms with Gasteiger partial charge in [-0.25, -0.2) is 9.10 Å². The van der Waals surface area contributed by atoms with Crippen LogP contribution < -0.4 is 9.64 Å². The summed E-state index contributed by atoms with van der Waals surface area (Å²) in [6.45, 7) is 8.31. The molecular weight excluding hydrogens is 456 g/mol. The molecule has 3 heterocycles. The Morgan fingerprint density at radius 1 is 0.886 bits per heavy atom. The molecule has 3 aromatic carbocycles. The van der Waals surface area contributed by atoms with Crippen molar-refractivity contribution in [3.05, 3.63) is 82.9 Å². The van der Waals surface area contributed by atoms with Crippen molar-refractivity contribution >= 4 is 23.6 Å². The Hall–Kier alpha value is -2.96. The molecule has 1 unspecified atom stereocenters. The molecule has 0 amide bonds. The van der Waals surface area contributed by atoms with Gasteiger partial charge in [-0.2, -0.15) is 0 Å². The molecule has 0 saturated carbocycles. The highest BCUT2D eigenvalue weighted by Crippen LogP contribution is 2.57. The number of carbonyl (C=O) groups is 1. The van der Waals surface area contributed by atoms with Crippen molar-refractivity contribution in [3.63, 3.8) is 0 Å². The van der Waals surface area contributed by atoms with Crippen molar-refractivity contribution in [2.45, 2.75) is 43.6 Å². The van der Waals surface area contributed by atoms with Gasteiger partial charge in [0.05, 0.1) is 5.56 Å². The summed E-state index contributed by atoms with van der Waals surface area (Å²) in [4.78, 5) is 16.6. The molecule has 0 bridgehead atoms. The number of esters is 1. The van der Waals surface area contributed by atoms with Crippen molar-refractivity contribution in [2.75, 3.05) is 31.1 Å². The number of hydrogen-bond acceptors (Lipinski definition) is 6. The number of anilines is 1. The van der Waals surface area contributed by atoms with Gasteiger partial charge < -0.3 is 14.4 Å². The number of fused-ring (bicyclic) bond motifs is 6. The van der Waals surface area contributed by atoms with Crippen LogP contribution >= 0.6 is 11.9 Å². The quantitative estimate of drug-likeness (QED) is 0.299. The van der Waals surface area contributed by atoms with Crippen molar-refractivity contribution in [3.8, 4) is 11.5 Å². The van der Waals surface area contributed by atoms with Gasteiger partial charge in [0.15, 0.2) is 5.60 Å². The molecule has 35 heavy (non-hydrogen) atoms. The number of piperidine rings is 1. The fourth-order valence-corrected chi connectivity index (χ4v) is 6.63.